The van der Waals surface area contributed by atoms with Crippen molar-refractivity contribution in [1.29, 1.82) is 0 Å². The molecular weight excluding hydrogens is 228 g/mol. The van der Waals surface area contributed by atoms with Crippen LogP contribution in [0.5, 0.6) is 0 Å². The van der Waals surface area contributed by atoms with E-state index in [1.54, 1.807) is 0 Å². The van der Waals surface area contributed by atoms with Gasteiger partial charge < -0.3 is 10.2 Å². The van der Waals surface area contributed by atoms with Crippen LogP contribution in [0.15, 0.2) is 11.1 Å². The van der Waals surface area contributed by atoms with Crippen molar-refractivity contribution < 1.29 is 15.0 Å². The largest absolute Gasteiger partial charge is 0.396 e. The van der Waals surface area contributed by atoms with Gasteiger partial charge in [0.25, 0.3) is 0 Å². The van der Waals surface area contributed by atoms with Gasteiger partial charge >= 0.3 is 0 Å². The van der Waals surface area contributed by atoms with Crippen molar-refractivity contribution in [2.45, 2.75) is 52.1 Å². The molecule has 0 aliphatic heterocycles. The molecule has 3 heteroatoms. The van der Waals surface area contributed by atoms with E-state index in [1.165, 1.54) is 0 Å². The van der Waals surface area contributed by atoms with Crippen LogP contribution < -0.4 is 0 Å². The monoisotopic (exact) mass is 250 g/mol. The van der Waals surface area contributed by atoms with Gasteiger partial charge in [-0.2, -0.15) is 0 Å². The molecular formula is C15H22O3. The Morgan fingerprint density at radius 1 is 1.28 bits per heavy atom. The summed E-state index contributed by atoms with van der Waals surface area (Å²) in [5.74, 6) is 0.137. The van der Waals surface area contributed by atoms with Crippen molar-refractivity contribution in [3.63, 3.8) is 0 Å². The molecule has 0 bridgehead atoms. The van der Waals surface area contributed by atoms with Crippen LogP contribution in [-0.2, 0) is 4.79 Å². The lowest BCUT2D eigenvalue weighted by Gasteiger charge is -2.43. The van der Waals surface area contributed by atoms with Gasteiger partial charge in [-0.25, -0.2) is 0 Å². The first-order valence-electron chi connectivity index (χ1n) is 6.87. The Bertz CT molecular complexity index is 456. The molecule has 0 aromatic heterocycles. The molecule has 0 saturated heterocycles. The normalized spacial score (nSPS) is 45.6. The minimum atomic E-state index is -0.859. The Morgan fingerprint density at radius 2 is 1.89 bits per heavy atom. The summed E-state index contributed by atoms with van der Waals surface area (Å²) in [6.07, 6.45) is 3.17. The van der Waals surface area contributed by atoms with Gasteiger partial charge in [0, 0.05) is 17.9 Å². The Hall–Kier alpha value is -0.670. The second-order valence-corrected chi connectivity index (χ2v) is 7.09. The SMILES string of the molecule is C[C@H]1C(=O)C2=C(C[C@](C)(CO)C2)[C@](C)(O)C12CC2. The van der Waals surface area contributed by atoms with Crippen LogP contribution in [0.4, 0.5) is 0 Å². The van der Waals surface area contributed by atoms with E-state index in [4.69, 9.17) is 0 Å². The molecule has 0 amide bonds. The van der Waals surface area contributed by atoms with Crippen LogP contribution in [0.25, 0.3) is 0 Å². The number of rotatable bonds is 1. The molecule has 18 heavy (non-hydrogen) atoms. The van der Waals surface area contributed by atoms with E-state index in [9.17, 15) is 15.0 Å². The van der Waals surface area contributed by atoms with Crippen molar-refractivity contribution in [3.8, 4) is 0 Å². The molecule has 3 nitrogen and oxygen atoms in total. The first kappa shape index (κ1) is 12.4. The summed E-state index contributed by atoms with van der Waals surface area (Å²) in [6.45, 7) is 5.91. The molecule has 3 aliphatic carbocycles. The molecule has 1 spiro atoms. The molecule has 1 saturated carbocycles. The van der Waals surface area contributed by atoms with Gasteiger partial charge in [-0.3, -0.25) is 4.79 Å². The second kappa shape index (κ2) is 3.26. The number of ketones is 1. The number of aliphatic hydroxyl groups is 2. The first-order chi connectivity index (χ1) is 8.27. The van der Waals surface area contributed by atoms with Crippen LogP contribution in [0, 0.1) is 16.7 Å². The number of carbonyl (C=O) groups excluding carboxylic acids is 1. The van der Waals surface area contributed by atoms with Crippen molar-refractivity contribution >= 4 is 5.78 Å². The predicted molar refractivity (Wildman–Crippen MR) is 67.9 cm³/mol. The van der Waals surface area contributed by atoms with Gasteiger partial charge in [-0.15, -0.1) is 0 Å². The summed E-state index contributed by atoms with van der Waals surface area (Å²) < 4.78 is 0. The van der Waals surface area contributed by atoms with Crippen LogP contribution in [0.3, 0.4) is 0 Å². The van der Waals surface area contributed by atoms with Gasteiger partial charge in [0.2, 0.25) is 0 Å². The molecule has 0 heterocycles. The second-order valence-electron chi connectivity index (χ2n) is 7.09. The maximum atomic E-state index is 12.5. The van der Waals surface area contributed by atoms with Gasteiger partial charge in [-0.05, 0) is 49.2 Å². The molecule has 3 atom stereocenters. The molecule has 3 rings (SSSR count). The Morgan fingerprint density at radius 3 is 2.39 bits per heavy atom. The molecule has 100 valence electrons. The van der Waals surface area contributed by atoms with Crippen molar-refractivity contribution in [3.05, 3.63) is 11.1 Å². The van der Waals surface area contributed by atoms with Crippen LogP contribution in [-0.4, -0.2) is 28.2 Å². The zero-order chi connectivity index (χ0) is 13.3. The fourth-order valence-electron chi connectivity index (χ4n) is 4.23. The zero-order valence-electron chi connectivity index (χ0n) is 11.4. The van der Waals surface area contributed by atoms with E-state index in [0.29, 0.717) is 12.8 Å². The Balaban J connectivity index is 2.09. The lowest BCUT2D eigenvalue weighted by atomic mass is 9.64. The summed E-state index contributed by atoms with van der Waals surface area (Å²) in [5, 5.41) is 20.5. The Kier molecular flexibility index (Phi) is 2.24. The van der Waals surface area contributed by atoms with Crippen molar-refractivity contribution in [2.24, 2.45) is 16.7 Å². The summed E-state index contributed by atoms with van der Waals surface area (Å²) in [6, 6.07) is 0. The van der Waals surface area contributed by atoms with Gasteiger partial charge in [0.15, 0.2) is 5.78 Å². The van der Waals surface area contributed by atoms with Crippen LogP contribution in [0.2, 0.25) is 0 Å². The third-order valence-electron chi connectivity index (χ3n) is 5.82. The van der Waals surface area contributed by atoms with Gasteiger partial charge in [0.1, 0.15) is 0 Å². The molecule has 1 fully saturated rings. The quantitative estimate of drug-likeness (QED) is 0.746. The van der Waals surface area contributed by atoms with Crippen molar-refractivity contribution in [2.75, 3.05) is 6.61 Å². The number of allylic oxidation sites excluding steroid dienone is 1. The molecule has 0 radical (unpaired) electrons. The maximum Gasteiger partial charge on any atom is 0.162 e. The van der Waals surface area contributed by atoms with E-state index in [-0.39, 0.29) is 29.1 Å². The predicted octanol–water partition coefficient (Wildman–Crippen LogP) is 1.83. The molecule has 0 aromatic carbocycles. The topological polar surface area (TPSA) is 57.5 Å². The highest BCUT2D eigenvalue weighted by Gasteiger charge is 2.67. The van der Waals surface area contributed by atoms with E-state index < -0.39 is 5.60 Å². The van der Waals surface area contributed by atoms with E-state index in [0.717, 1.165) is 24.0 Å². The first-order valence-corrected chi connectivity index (χ1v) is 6.87. The number of carbonyl (C=O) groups is 1. The van der Waals surface area contributed by atoms with Crippen molar-refractivity contribution in [1.82, 2.24) is 0 Å². The van der Waals surface area contributed by atoms with Crippen LogP contribution >= 0.6 is 0 Å². The molecule has 3 aliphatic rings. The maximum absolute atomic E-state index is 12.5. The third kappa shape index (κ3) is 1.24. The standard InChI is InChI=1S/C15H22O3/c1-9-12(17)10-6-13(2,8-16)7-11(10)14(3,18)15(9)4-5-15/h9,16,18H,4-8H2,1-3H3/t9-,13+,14-/m0/s1. The summed E-state index contributed by atoms with van der Waals surface area (Å²) in [4.78, 5) is 12.5. The van der Waals surface area contributed by atoms with E-state index in [1.807, 2.05) is 20.8 Å². The minimum absolute atomic E-state index is 0.0741. The fourth-order valence-corrected chi connectivity index (χ4v) is 4.23. The highest BCUT2D eigenvalue weighted by atomic mass is 16.3. The number of hydrogen-bond donors (Lipinski definition) is 2. The Labute approximate surface area is 108 Å². The lowest BCUT2D eigenvalue weighted by Crippen LogP contribution is -2.48. The highest BCUT2D eigenvalue weighted by Crippen LogP contribution is 2.67. The number of hydrogen-bond acceptors (Lipinski definition) is 3. The smallest absolute Gasteiger partial charge is 0.162 e. The molecule has 0 aromatic rings. The average molecular weight is 250 g/mol. The lowest BCUT2D eigenvalue weighted by molar-refractivity contribution is -0.127. The van der Waals surface area contributed by atoms with E-state index >= 15 is 0 Å². The summed E-state index contributed by atoms with van der Waals surface area (Å²) >= 11 is 0. The molecule has 2 N–H and O–H groups in total. The van der Waals surface area contributed by atoms with Gasteiger partial charge in [0.05, 0.1) is 5.60 Å². The summed E-state index contributed by atoms with van der Waals surface area (Å²) in [7, 11) is 0. The minimum Gasteiger partial charge on any atom is -0.396 e. The summed E-state index contributed by atoms with van der Waals surface area (Å²) in [5.41, 5.74) is 0.387. The number of aliphatic hydroxyl groups excluding tert-OH is 1. The molecule has 0 unspecified atom stereocenters. The zero-order valence-corrected chi connectivity index (χ0v) is 11.4. The average Bonchev–Trinajstić information content (AvgIpc) is 3.05. The third-order valence-corrected chi connectivity index (χ3v) is 5.82. The van der Waals surface area contributed by atoms with Gasteiger partial charge in [-0.1, -0.05) is 13.8 Å². The van der Waals surface area contributed by atoms with Crippen LogP contribution in [0.1, 0.15) is 46.5 Å². The fraction of sp³-hybridized carbons (Fsp3) is 0.800. The highest BCUT2D eigenvalue weighted by molar-refractivity contribution is 6.01. The number of Topliss-reactive ketones (excluding diaryl/α,β-unsaturated/α-hetero) is 1. The van der Waals surface area contributed by atoms with E-state index in [2.05, 4.69) is 0 Å².